The molecule has 0 aromatic rings. The minimum absolute atomic E-state index is 0.0472. The molecule has 0 unspecified atom stereocenters. The van der Waals surface area contributed by atoms with Gasteiger partial charge in [-0.1, -0.05) is 5.57 Å². The number of allylic oxidation sites excluding steroid dienone is 1. The Balaban J connectivity index is 2.98. The Morgan fingerprint density at radius 3 is 2.33 bits per heavy atom. The minimum Gasteiger partial charge on any atom is -0.274 e. The van der Waals surface area contributed by atoms with Crippen LogP contribution in [0.3, 0.4) is 0 Å². The van der Waals surface area contributed by atoms with Crippen molar-refractivity contribution in [2.75, 3.05) is 6.00 Å². The summed E-state index contributed by atoms with van der Waals surface area (Å²) in [5.74, 6) is -0.443. The Labute approximate surface area is 76.0 Å². The van der Waals surface area contributed by atoms with Crippen LogP contribution in [-0.4, -0.2) is 22.7 Å². The van der Waals surface area contributed by atoms with Crippen molar-refractivity contribution in [2.24, 2.45) is 0 Å². The van der Waals surface area contributed by atoms with Gasteiger partial charge < -0.3 is 0 Å². The highest BCUT2D eigenvalue weighted by Crippen LogP contribution is 2.21. The number of likely N-dealkylation sites (tertiary alicyclic amines) is 1. The Morgan fingerprint density at radius 2 is 2.08 bits per heavy atom. The lowest BCUT2D eigenvalue weighted by Crippen LogP contribution is -2.27. The molecule has 1 aliphatic rings. The lowest BCUT2D eigenvalue weighted by Gasteiger charge is -2.07. The molecule has 0 aromatic carbocycles. The molecule has 4 heteroatoms. The molecule has 0 saturated carbocycles. The fraction of sp³-hybridized carbons (Fsp3) is 0.500. The first kappa shape index (κ1) is 9.26. The molecule has 1 aliphatic heterocycles. The van der Waals surface area contributed by atoms with E-state index in [9.17, 15) is 9.59 Å². The predicted molar refractivity (Wildman–Crippen MR) is 45.6 cm³/mol. The van der Waals surface area contributed by atoms with E-state index in [1.54, 1.807) is 0 Å². The summed E-state index contributed by atoms with van der Waals surface area (Å²) in [6.45, 7) is 3.64. The van der Waals surface area contributed by atoms with Gasteiger partial charge >= 0.3 is 0 Å². The van der Waals surface area contributed by atoms with Gasteiger partial charge in [0, 0.05) is 5.57 Å². The number of imide groups is 1. The normalized spacial score (nSPS) is 17.6. The third kappa shape index (κ3) is 1.37. The van der Waals surface area contributed by atoms with Crippen LogP contribution in [0.1, 0.15) is 20.3 Å². The van der Waals surface area contributed by atoms with Crippen molar-refractivity contribution >= 4 is 23.4 Å². The fourth-order valence-electron chi connectivity index (χ4n) is 1.11. The van der Waals surface area contributed by atoms with E-state index in [2.05, 4.69) is 0 Å². The van der Waals surface area contributed by atoms with Gasteiger partial charge in [-0.05, 0) is 13.8 Å². The maximum absolute atomic E-state index is 11.4. The zero-order valence-corrected chi connectivity index (χ0v) is 7.81. The van der Waals surface area contributed by atoms with Crippen LogP contribution in [0.15, 0.2) is 11.1 Å². The van der Waals surface area contributed by atoms with Gasteiger partial charge in [-0.3, -0.25) is 14.5 Å². The maximum Gasteiger partial charge on any atom is 0.257 e. The molecule has 0 aromatic heterocycles. The summed E-state index contributed by atoms with van der Waals surface area (Å²) in [6.07, 6.45) is 0.202. The maximum atomic E-state index is 11.4. The smallest absolute Gasteiger partial charge is 0.257 e. The zero-order chi connectivity index (χ0) is 9.30. The molecular formula is C8H10ClNO2. The van der Waals surface area contributed by atoms with Crippen LogP contribution in [0.25, 0.3) is 0 Å². The quantitative estimate of drug-likeness (QED) is 0.268. The second-order valence-corrected chi connectivity index (χ2v) is 3.14. The Hall–Kier alpha value is -0.830. The molecule has 0 bridgehead atoms. The molecule has 1 saturated heterocycles. The van der Waals surface area contributed by atoms with E-state index in [1.165, 1.54) is 0 Å². The van der Waals surface area contributed by atoms with E-state index in [0.29, 0.717) is 5.57 Å². The van der Waals surface area contributed by atoms with Crippen molar-refractivity contribution in [1.29, 1.82) is 0 Å². The lowest BCUT2D eigenvalue weighted by molar-refractivity contribution is -0.136. The van der Waals surface area contributed by atoms with Gasteiger partial charge in [0.2, 0.25) is 5.91 Å². The highest BCUT2D eigenvalue weighted by molar-refractivity contribution is 6.23. The molecule has 0 aliphatic carbocycles. The van der Waals surface area contributed by atoms with Gasteiger partial charge in [-0.15, -0.1) is 11.6 Å². The van der Waals surface area contributed by atoms with Crippen LogP contribution in [0.4, 0.5) is 0 Å². The first-order valence-electron chi connectivity index (χ1n) is 3.65. The average molecular weight is 188 g/mol. The number of rotatable bonds is 1. The first-order chi connectivity index (χ1) is 5.57. The summed E-state index contributed by atoms with van der Waals surface area (Å²) in [6, 6.07) is -0.0472. The Morgan fingerprint density at radius 1 is 1.50 bits per heavy atom. The summed E-state index contributed by atoms with van der Waals surface area (Å²) in [7, 11) is 0. The van der Waals surface area contributed by atoms with Crippen LogP contribution >= 0.6 is 11.6 Å². The Kier molecular flexibility index (Phi) is 2.52. The number of carbonyl (C=O) groups excluding carboxylic acids is 2. The van der Waals surface area contributed by atoms with Crippen LogP contribution in [0, 0.1) is 0 Å². The SMILES string of the molecule is CC(C)=C1CC(=O)N(CCl)C1=O. The molecule has 1 rings (SSSR count). The molecule has 1 fully saturated rings. The molecule has 0 radical (unpaired) electrons. The van der Waals surface area contributed by atoms with E-state index in [0.717, 1.165) is 10.5 Å². The molecule has 0 spiro atoms. The van der Waals surface area contributed by atoms with Gasteiger partial charge in [0.25, 0.3) is 5.91 Å². The zero-order valence-electron chi connectivity index (χ0n) is 7.06. The van der Waals surface area contributed by atoms with E-state index in [4.69, 9.17) is 11.6 Å². The molecule has 0 N–H and O–H groups in total. The van der Waals surface area contributed by atoms with Crippen molar-refractivity contribution < 1.29 is 9.59 Å². The summed E-state index contributed by atoms with van der Waals surface area (Å²) in [5, 5.41) is 0. The van der Waals surface area contributed by atoms with E-state index in [1.807, 2.05) is 13.8 Å². The van der Waals surface area contributed by atoms with Crippen molar-refractivity contribution in [3.63, 3.8) is 0 Å². The van der Waals surface area contributed by atoms with Gasteiger partial charge in [-0.2, -0.15) is 0 Å². The van der Waals surface area contributed by atoms with Crippen LogP contribution in [0.5, 0.6) is 0 Å². The average Bonchev–Trinajstić information content (AvgIpc) is 2.27. The molecule has 3 nitrogen and oxygen atoms in total. The van der Waals surface area contributed by atoms with E-state index >= 15 is 0 Å². The van der Waals surface area contributed by atoms with E-state index < -0.39 is 0 Å². The molecule has 2 amide bonds. The lowest BCUT2D eigenvalue weighted by atomic mass is 10.1. The summed E-state index contributed by atoms with van der Waals surface area (Å²) >= 11 is 5.43. The largest absolute Gasteiger partial charge is 0.274 e. The second-order valence-electron chi connectivity index (χ2n) is 2.90. The molecule has 66 valence electrons. The molecule has 0 atom stereocenters. The summed E-state index contributed by atoms with van der Waals surface area (Å²) in [4.78, 5) is 23.5. The second kappa shape index (κ2) is 3.27. The van der Waals surface area contributed by atoms with Gasteiger partial charge in [-0.25, -0.2) is 0 Å². The number of halogens is 1. The first-order valence-corrected chi connectivity index (χ1v) is 4.18. The number of amides is 2. The molecule has 12 heavy (non-hydrogen) atoms. The van der Waals surface area contributed by atoms with E-state index in [-0.39, 0.29) is 24.2 Å². The standard InChI is InChI=1S/C8H10ClNO2/c1-5(2)6-3-7(11)10(4-9)8(6)12/h3-4H2,1-2H3. The van der Waals surface area contributed by atoms with Gasteiger partial charge in [0.05, 0.1) is 6.42 Å². The predicted octanol–water partition coefficient (Wildman–Crippen LogP) is 1.28. The van der Waals surface area contributed by atoms with Gasteiger partial charge in [0.1, 0.15) is 6.00 Å². The highest BCUT2D eigenvalue weighted by Gasteiger charge is 2.33. The van der Waals surface area contributed by atoms with Crippen molar-refractivity contribution in [3.8, 4) is 0 Å². The Bertz CT molecular complexity index is 266. The molecule has 1 heterocycles. The fourth-order valence-corrected chi connectivity index (χ4v) is 1.35. The number of alkyl halides is 1. The van der Waals surface area contributed by atoms with Crippen LogP contribution in [-0.2, 0) is 9.59 Å². The van der Waals surface area contributed by atoms with Crippen LogP contribution < -0.4 is 0 Å². The number of hydrogen-bond donors (Lipinski definition) is 0. The third-order valence-electron chi connectivity index (χ3n) is 1.86. The van der Waals surface area contributed by atoms with Crippen molar-refractivity contribution in [3.05, 3.63) is 11.1 Å². The number of hydrogen-bond acceptors (Lipinski definition) is 2. The third-order valence-corrected chi connectivity index (χ3v) is 2.09. The van der Waals surface area contributed by atoms with Crippen molar-refractivity contribution in [2.45, 2.75) is 20.3 Å². The monoisotopic (exact) mass is 187 g/mol. The van der Waals surface area contributed by atoms with Crippen molar-refractivity contribution in [1.82, 2.24) is 4.90 Å². The number of carbonyl (C=O) groups is 2. The highest BCUT2D eigenvalue weighted by atomic mass is 35.5. The summed E-state index contributed by atoms with van der Waals surface area (Å²) in [5.41, 5.74) is 1.47. The topological polar surface area (TPSA) is 37.4 Å². The van der Waals surface area contributed by atoms with Crippen LogP contribution in [0.2, 0.25) is 0 Å². The van der Waals surface area contributed by atoms with Gasteiger partial charge in [0.15, 0.2) is 0 Å². The minimum atomic E-state index is -0.241. The summed E-state index contributed by atoms with van der Waals surface area (Å²) < 4.78 is 0. The number of nitrogens with zero attached hydrogens (tertiary/aromatic N) is 1. The molecular weight excluding hydrogens is 178 g/mol.